The number of rotatable bonds is 5. The first kappa shape index (κ1) is 19.2. The van der Waals surface area contributed by atoms with Crippen LogP contribution in [0.4, 0.5) is 4.79 Å². The Bertz CT molecular complexity index is 446. The average molecular weight is 330 g/mol. The fourth-order valence-electron chi connectivity index (χ4n) is 2.35. The average Bonchev–Trinajstić information content (AvgIpc) is 2.91. The lowest BCUT2D eigenvalue weighted by Gasteiger charge is -2.28. The van der Waals surface area contributed by atoms with E-state index in [2.05, 4.69) is 5.32 Å². The van der Waals surface area contributed by atoms with E-state index in [4.69, 9.17) is 9.47 Å². The summed E-state index contributed by atoms with van der Waals surface area (Å²) in [6, 6.07) is -1.82. The molecule has 8 nitrogen and oxygen atoms in total. The fourth-order valence-corrected chi connectivity index (χ4v) is 2.35. The maximum Gasteiger partial charge on any atom is 0.408 e. The van der Waals surface area contributed by atoms with Gasteiger partial charge in [0.15, 0.2) is 0 Å². The van der Waals surface area contributed by atoms with E-state index in [-0.39, 0.29) is 6.61 Å². The van der Waals surface area contributed by atoms with Gasteiger partial charge in [0.05, 0.1) is 13.2 Å². The molecule has 132 valence electrons. The van der Waals surface area contributed by atoms with E-state index in [9.17, 15) is 19.5 Å². The van der Waals surface area contributed by atoms with Crippen molar-refractivity contribution < 1.29 is 29.0 Å². The molecule has 1 heterocycles. The quantitative estimate of drug-likeness (QED) is 0.708. The summed E-state index contributed by atoms with van der Waals surface area (Å²) in [5.74, 6) is -0.985. The molecule has 8 heteroatoms. The fraction of sp³-hybridized carbons (Fsp3) is 0.800. The molecule has 0 saturated carbocycles. The van der Waals surface area contributed by atoms with Crippen LogP contribution in [-0.4, -0.2) is 65.4 Å². The molecule has 0 unspecified atom stereocenters. The molecule has 0 aromatic heterocycles. The molecule has 2 atom stereocenters. The van der Waals surface area contributed by atoms with Crippen molar-refractivity contribution in [2.75, 3.05) is 19.8 Å². The third-order valence-corrected chi connectivity index (χ3v) is 3.27. The summed E-state index contributed by atoms with van der Waals surface area (Å²) >= 11 is 0. The van der Waals surface area contributed by atoms with Gasteiger partial charge >= 0.3 is 12.1 Å². The lowest BCUT2D eigenvalue weighted by Crippen LogP contribution is -2.54. The summed E-state index contributed by atoms with van der Waals surface area (Å²) in [6.07, 6.45) is 0.381. The zero-order valence-corrected chi connectivity index (χ0v) is 14.1. The minimum atomic E-state index is -1.15. The number of aliphatic hydroxyl groups is 1. The largest absolute Gasteiger partial charge is 0.464 e. The second-order valence-corrected chi connectivity index (χ2v) is 6.32. The second kappa shape index (κ2) is 8.14. The second-order valence-electron chi connectivity index (χ2n) is 6.32. The lowest BCUT2D eigenvalue weighted by molar-refractivity contribution is -0.153. The number of aliphatic hydroxyl groups excluding tert-OH is 1. The SMILES string of the molecule is CCOC(=O)[C@@H]1CCCN1C(=O)[C@@H](CO)NC(=O)OC(C)(C)C. The predicted octanol–water partition coefficient (Wildman–Crippen LogP) is 0.426. The number of carbonyl (C=O) groups is 3. The first-order valence-electron chi connectivity index (χ1n) is 7.77. The summed E-state index contributed by atoms with van der Waals surface area (Å²) in [6.45, 7) is 6.81. The number of alkyl carbamates (subject to hydrolysis) is 1. The van der Waals surface area contributed by atoms with Gasteiger partial charge in [-0.25, -0.2) is 9.59 Å². The summed E-state index contributed by atoms with van der Waals surface area (Å²) in [5.41, 5.74) is -0.714. The van der Waals surface area contributed by atoms with Gasteiger partial charge in [-0.3, -0.25) is 4.79 Å². The number of carbonyl (C=O) groups excluding carboxylic acids is 3. The van der Waals surface area contributed by atoms with Gasteiger partial charge in [0, 0.05) is 6.54 Å². The molecule has 0 radical (unpaired) electrons. The standard InChI is InChI=1S/C15H26N2O6/c1-5-22-13(20)11-7-6-8-17(11)12(19)10(9-18)16-14(21)23-15(2,3)4/h10-11,18H,5-9H2,1-4H3,(H,16,21)/t10-,11+/m1/s1. The van der Waals surface area contributed by atoms with Crippen molar-refractivity contribution in [2.45, 2.75) is 58.2 Å². The molecule has 0 spiro atoms. The highest BCUT2D eigenvalue weighted by Gasteiger charge is 2.38. The normalized spacial score (nSPS) is 19.2. The van der Waals surface area contributed by atoms with Crippen LogP contribution in [0.3, 0.4) is 0 Å². The smallest absolute Gasteiger partial charge is 0.408 e. The van der Waals surface area contributed by atoms with Crippen molar-refractivity contribution in [1.29, 1.82) is 0 Å². The molecular formula is C15H26N2O6. The number of nitrogens with one attached hydrogen (secondary N) is 1. The van der Waals surface area contributed by atoms with Crippen molar-refractivity contribution in [1.82, 2.24) is 10.2 Å². The van der Waals surface area contributed by atoms with Crippen LogP contribution >= 0.6 is 0 Å². The zero-order chi connectivity index (χ0) is 17.6. The van der Waals surface area contributed by atoms with Crippen molar-refractivity contribution in [3.8, 4) is 0 Å². The van der Waals surface area contributed by atoms with Crippen LogP contribution in [-0.2, 0) is 19.1 Å². The van der Waals surface area contributed by atoms with Gasteiger partial charge in [-0.15, -0.1) is 0 Å². The molecule has 2 amide bonds. The van der Waals surface area contributed by atoms with Gasteiger partial charge < -0.3 is 24.8 Å². The summed E-state index contributed by atoms with van der Waals surface area (Å²) in [7, 11) is 0. The number of ether oxygens (including phenoxy) is 2. The molecule has 0 aromatic rings. The number of amides is 2. The van der Waals surface area contributed by atoms with Gasteiger partial charge in [-0.1, -0.05) is 0 Å². The van der Waals surface area contributed by atoms with Crippen molar-refractivity contribution in [3.05, 3.63) is 0 Å². The topological polar surface area (TPSA) is 105 Å². The molecule has 23 heavy (non-hydrogen) atoms. The Balaban J connectivity index is 2.71. The van der Waals surface area contributed by atoms with Gasteiger partial charge in [-0.05, 0) is 40.5 Å². The van der Waals surface area contributed by atoms with Crippen LogP contribution in [0.1, 0.15) is 40.5 Å². The van der Waals surface area contributed by atoms with Crippen LogP contribution < -0.4 is 5.32 Å². The minimum absolute atomic E-state index is 0.233. The molecule has 0 bridgehead atoms. The number of hydrogen-bond acceptors (Lipinski definition) is 6. The Hall–Kier alpha value is -1.83. The molecule has 2 N–H and O–H groups in total. The van der Waals surface area contributed by atoms with Crippen molar-refractivity contribution in [2.24, 2.45) is 0 Å². The first-order valence-corrected chi connectivity index (χ1v) is 7.77. The Morgan fingerprint density at radius 1 is 1.35 bits per heavy atom. The highest BCUT2D eigenvalue weighted by atomic mass is 16.6. The third kappa shape index (κ3) is 5.70. The van der Waals surface area contributed by atoms with E-state index in [0.717, 1.165) is 0 Å². The maximum absolute atomic E-state index is 12.5. The van der Waals surface area contributed by atoms with Crippen molar-refractivity contribution >= 4 is 18.0 Å². The number of hydrogen-bond donors (Lipinski definition) is 2. The summed E-state index contributed by atoms with van der Waals surface area (Å²) in [5, 5.41) is 11.7. The summed E-state index contributed by atoms with van der Waals surface area (Å²) < 4.78 is 10.0. The number of esters is 1. The molecular weight excluding hydrogens is 304 g/mol. The van der Waals surface area contributed by atoms with Crippen molar-refractivity contribution in [3.63, 3.8) is 0 Å². The van der Waals surface area contributed by atoms with Crippen LogP contribution in [0.5, 0.6) is 0 Å². The van der Waals surface area contributed by atoms with Crippen LogP contribution in [0.25, 0.3) is 0 Å². The molecule has 0 aliphatic carbocycles. The van der Waals surface area contributed by atoms with Crippen LogP contribution in [0.15, 0.2) is 0 Å². The van der Waals surface area contributed by atoms with E-state index in [1.807, 2.05) is 0 Å². The first-order chi connectivity index (χ1) is 10.7. The Kier molecular flexibility index (Phi) is 6.80. The van der Waals surface area contributed by atoms with E-state index >= 15 is 0 Å². The van der Waals surface area contributed by atoms with Crippen LogP contribution in [0.2, 0.25) is 0 Å². The molecule has 1 rings (SSSR count). The van der Waals surface area contributed by atoms with Gasteiger partial charge in [0.2, 0.25) is 5.91 Å². The molecule has 1 saturated heterocycles. The molecule has 1 aliphatic heterocycles. The third-order valence-electron chi connectivity index (χ3n) is 3.27. The van der Waals surface area contributed by atoms with Crippen LogP contribution in [0, 0.1) is 0 Å². The Labute approximate surface area is 136 Å². The minimum Gasteiger partial charge on any atom is -0.464 e. The Morgan fingerprint density at radius 2 is 2.00 bits per heavy atom. The van der Waals surface area contributed by atoms with E-state index in [1.54, 1.807) is 27.7 Å². The number of nitrogens with zero attached hydrogens (tertiary/aromatic N) is 1. The molecule has 1 aliphatic rings. The highest BCUT2D eigenvalue weighted by molar-refractivity contribution is 5.90. The Morgan fingerprint density at radius 3 is 2.52 bits per heavy atom. The molecule has 0 aromatic carbocycles. The van der Waals surface area contributed by atoms with Gasteiger partial charge in [0.1, 0.15) is 17.7 Å². The monoisotopic (exact) mass is 330 g/mol. The number of likely N-dealkylation sites (tertiary alicyclic amines) is 1. The van der Waals surface area contributed by atoms with E-state index in [1.165, 1.54) is 4.90 Å². The van der Waals surface area contributed by atoms with Gasteiger partial charge in [0.25, 0.3) is 0 Å². The lowest BCUT2D eigenvalue weighted by atomic mass is 10.2. The van der Waals surface area contributed by atoms with E-state index < -0.39 is 42.3 Å². The van der Waals surface area contributed by atoms with E-state index in [0.29, 0.717) is 19.4 Å². The zero-order valence-electron chi connectivity index (χ0n) is 14.1. The summed E-state index contributed by atoms with van der Waals surface area (Å²) in [4.78, 5) is 37.5. The maximum atomic E-state index is 12.5. The molecule has 1 fully saturated rings. The predicted molar refractivity (Wildman–Crippen MR) is 81.6 cm³/mol. The highest BCUT2D eigenvalue weighted by Crippen LogP contribution is 2.19. The van der Waals surface area contributed by atoms with Gasteiger partial charge in [-0.2, -0.15) is 0 Å².